The molecule has 1 saturated heterocycles. The van der Waals surface area contributed by atoms with Gasteiger partial charge in [0, 0.05) is 44.0 Å². The summed E-state index contributed by atoms with van der Waals surface area (Å²) < 4.78 is 10.6. The maximum Gasteiger partial charge on any atom is 0.273 e. The van der Waals surface area contributed by atoms with Gasteiger partial charge >= 0.3 is 0 Å². The molecule has 2 heterocycles. The van der Waals surface area contributed by atoms with E-state index in [0.717, 1.165) is 43.1 Å². The fourth-order valence-electron chi connectivity index (χ4n) is 3.50. The van der Waals surface area contributed by atoms with Gasteiger partial charge < -0.3 is 24.4 Å². The minimum Gasteiger partial charge on any atom is -0.378 e. The molecule has 1 N–H and O–H groups in total. The summed E-state index contributed by atoms with van der Waals surface area (Å²) >= 11 is 0. The Labute approximate surface area is 186 Å². The number of likely N-dealkylation sites (N-methyl/N-ethyl adjacent to an activating group) is 1. The molecule has 0 aliphatic carbocycles. The number of hydrogen-bond acceptors (Lipinski definition) is 6. The first-order valence-electron chi connectivity index (χ1n) is 10.6. The molecule has 1 aliphatic rings. The van der Waals surface area contributed by atoms with Crippen molar-refractivity contribution >= 4 is 17.5 Å². The summed E-state index contributed by atoms with van der Waals surface area (Å²) in [5, 5.41) is 6.42. The van der Waals surface area contributed by atoms with E-state index >= 15 is 0 Å². The molecule has 3 aromatic rings. The number of benzene rings is 2. The molecule has 4 rings (SSSR count). The number of morpholine rings is 1. The lowest BCUT2D eigenvalue weighted by Crippen LogP contribution is -2.38. The van der Waals surface area contributed by atoms with Gasteiger partial charge in [0.25, 0.3) is 5.91 Å². The summed E-state index contributed by atoms with van der Waals surface area (Å²) in [6.07, 6.45) is 0. The van der Waals surface area contributed by atoms with E-state index in [9.17, 15) is 9.59 Å². The van der Waals surface area contributed by atoms with Gasteiger partial charge in [-0.15, -0.1) is 0 Å². The van der Waals surface area contributed by atoms with E-state index in [-0.39, 0.29) is 18.1 Å². The Balaban J connectivity index is 1.26. The minimum absolute atomic E-state index is 0.116. The van der Waals surface area contributed by atoms with Gasteiger partial charge in [-0.2, -0.15) is 0 Å². The van der Waals surface area contributed by atoms with Crippen molar-refractivity contribution in [2.75, 3.05) is 44.8 Å². The topological polar surface area (TPSA) is 87.9 Å². The number of ether oxygens (including phenoxy) is 1. The second-order valence-electron chi connectivity index (χ2n) is 7.64. The first-order chi connectivity index (χ1) is 15.6. The Morgan fingerprint density at radius 1 is 1.06 bits per heavy atom. The molecule has 0 saturated carbocycles. The molecular formula is C24H26N4O4. The lowest BCUT2D eigenvalue weighted by atomic mass is 10.1. The van der Waals surface area contributed by atoms with E-state index in [2.05, 4.69) is 27.5 Å². The number of rotatable bonds is 7. The number of anilines is 1. The average molecular weight is 434 g/mol. The zero-order valence-corrected chi connectivity index (χ0v) is 18.0. The van der Waals surface area contributed by atoms with Crippen molar-refractivity contribution in [1.29, 1.82) is 0 Å². The molecule has 0 unspecified atom stereocenters. The highest BCUT2D eigenvalue weighted by atomic mass is 16.5. The smallest absolute Gasteiger partial charge is 0.273 e. The van der Waals surface area contributed by atoms with Crippen LogP contribution in [0.25, 0.3) is 11.3 Å². The van der Waals surface area contributed by atoms with Gasteiger partial charge in [0.2, 0.25) is 5.91 Å². The number of nitrogens with zero attached hydrogens (tertiary/aromatic N) is 3. The van der Waals surface area contributed by atoms with Crippen molar-refractivity contribution in [3.05, 3.63) is 71.9 Å². The van der Waals surface area contributed by atoms with E-state index in [1.165, 1.54) is 0 Å². The first-order valence-corrected chi connectivity index (χ1v) is 10.6. The van der Waals surface area contributed by atoms with Crippen molar-refractivity contribution < 1.29 is 18.8 Å². The number of nitrogens with one attached hydrogen (secondary N) is 1. The Morgan fingerprint density at radius 3 is 2.50 bits per heavy atom. The van der Waals surface area contributed by atoms with Gasteiger partial charge in [0.15, 0.2) is 11.5 Å². The molecule has 0 radical (unpaired) electrons. The van der Waals surface area contributed by atoms with Gasteiger partial charge in [0.1, 0.15) is 0 Å². The van der Waals surface area contributed by atoms with Crippen LogP contribution in [-0.4, -0.2) is 61.8 Å². The van der Waals surface area contributed by atoms with E-state index in [1.807, 2.05) is 42.5 Å². The van der Waals surface area contributed by atoms with Crippen LogP contribution in [0.15, 0.2) is 65.2 Å². The summed E-state index contributed by atoms with van der Waals surface area (Å²) in [6.45, 7) is 3.60. The lowest BCUT2D eigenvalue weighted by molar-refractivity contribution is -0.129. The van der Waals surface area contributed by atoms with Gasteiger partial charge in [-0.05, 0) is 17.7 Å². The maximum atomic E-state index is 12.5. The van der Waals surface area contributed by atoms with Crippen molar-refractivity contribution in [3.8, 4) is 11.3 Å². The van der Waals surface area contributed by atoms with Crippen LogP contribution in [0.5, 0.6) is 0 Å². The van der Waals surface area contributed by atoms with Gasteiger partial charge in [-0.25, -0.2) is 0 Å². The maximum absolute atomic E-state index is 12.5. The summed E-state index contributed by atoms with van der Waals surface area (Å²) in [5.41, 5.74) is 3.14. The Hall–Kier alpha value is -3.65. The normalized spacial score (nSPS) is 13.6. The van der Waals surface area contributed by atoms with Crippen LogP contribution in [0.2, 0.25) is 0 Å². The SMILES string of the molecule is CN(Cc1ccc(N2CCOCC2)cc1)C(=O)CNC(=O)c1cc(-c2ccccc2)on1. The summed E-state index contributed by atoms with van der Waals surface area (Å²) in [6, 6.07) is 19.1. The van der Waals surface area contributed by atoms with Crippen LogP contribution in [-0.2, 0) is 16.1 Å². The number of amides is 2. The number of hydrogen-bond donors (Lipinski definition) is 1. The molecule has 1 aliphatic heterocycles. The zero-order valence-electron chi connectivity index (χ0n) is 18.0. The highest BCUT2D eigenvalue weighted by molar-refractivity contribution is 5.95. The van der Waals surface area contributed by atoms with Crippen LogP contribution in [0.3, 0.4) is 0 Å². The second kappa shape index (κ2) is 10.1. The van der Waals surface area contributed by atoms with Crippen molar-refractivity contribution in [2.45, 2.75) is 6.54 Å². The third-order valence-electron chi connectivity index (χ3n) is 5.36. The molecule has 32 heavy (non-hydrogen) atoms. The quantitative estimate of drug-likeness (QED) is 0.615. The van der Waals surface area contributed by atoms with E-state index in [1.54, 1.807) is 18.0 Å². The highest BCUT2D eigenvalue weighted by Crippen LogP contribution is 2.20. The molecular weight excluding hydrogens is 408 g/mol. The molecule has 0 spiro atoms. The average Bonchev–Trinajstić information content (AvgIpc) is 3.34. The predicted octanol–water partition coefficient (Wildman–Crippen LogP) is 2.57. The molecule has 0 bridgehead atoms. The molecule has 8 nitrogen and oxygen atoms in total. The van der Waals surface area contributed by atoms with Gasteiger partial charge in [-0.1, -0.05) is 47.6 Å². The zero-order chi connectivity index (χ0) is 22.3. The van der Waals surface area contributed by atoms with E-state index in [4.69, 9.17) is 9.26 Å². The highest BCUT2D eigenvalue weighted by Gasteiger charge is 2.17. The fourth-order valence-corrected chi connectivity index (χ4v) is 3.50. The van der Waals surface area contributed by atoms with Crippen LogP contribution < -0.4 is 10.2 Å². The van der Waals surface area contributed by atoms with E-state index < -0.39 is 5.91 Å². The number of aromatic nitrogens is 1. The number of carbonyl (C=O) groups excluding carboxylic acids is 2. The molecule has 2 aromatic carbocycles. The Bertz CT molecular complexity index is 1040. The standard InChI is InChI=1S/C24H26N4O4/c1-27(17-18-7-9-20(10-8-18)28-11-13-31-14-12-28)23(29)16-25-24(30)21-15-22(32-26-21)19-5-3-2-4-6-19/h2-10,15H,11-14,16-17H2,1H3,(H,25,30). The summed E-state index contributed by atoms with van der Waals surface area (Å²) in [5.74, 6) is -0.144. The molecule has 1 aromatic heterocycles. The monoisotopic (exact) mass is 434 g/mol. The second-order valence-corrected chi connectivity index (χ2v) is 7.64. The molecule has 0 atom stereocenters. The summed E-state index contributed by atoms with van der Waals surface area (Å²) in [4.78, 5) is 28.7. The van der Waals surface area contributed by atoms with Crippen molar-refractivity contribution in [3.63, 3.8) is 0 Å². The molecule has 2 amide bonds. The van der Waals surface area contributed by atoms with Crippen molar-refractivity contribution in [1.82, 2.24) is 15.4 Å². The largest absolute Gasteiger partial charge is 0.378 e. The van der Waals surface area contributed by atoms with E-state index in [0.29, 0.717) is 12.3 Å². The third-order valence-corrected chi connectivity index (χ3v) is 5.36. The summed E-state index contributed by atoms with van der Waals surface area (Å²) in [7, 11) is 1.72. The van der Waals surface area contributed by atoms with Crippen molar-refractivity contribution in [2.24, 2.45) is 0 Å². The van der Waals surface area contributed by atoms with Gasteiger partial charge in [0.05, 0.1) is 19.8 Å². The third kappa shape index (κ3) is 5.33. The molecule has 166 valence electrons. The lowest BCUT2D eigenvalue weighted by Gasteiger charge is -2.29. The van der Waals surface area contributed by atoms with Crippen LogP contribution in [0.1, 0.15) is 16.1 Å². The van der Waals surface area contributed by atoms with Crippen LogP contribution in [0, 0.1) is 0 Å². The van der Waals surface area contributed by atoms with Crippen LogP contribution in [0.4, 0.5) is 5.69 Å². The predicted molar refractivity (Wildman–Crippen MR) is 120 cm³/mol. The number of carbonyl (C=O) groups is 2. The minimum atomic E-state index is -0.451. The molecule has 1 fully saturated rings. The van der Waals surface area contributed by atoms with Gasteiger partial charge in [-0.3, -0.25) is 9.59 Å². The fraction of sp³-hybridized carbons (Fsp3) is 0.292. The Morgan fingerprint density at radius 2 is 1.78 bits per heavy atom. The first kappa shape index (κ1) is 21.6. The van der Waals surface area contributed by atoms with Crippen LogP contribution >= 0.6 is 0 Å². The Kier molecular flexibility index (Phi) is 6.81. The molecule has 8 heteroatoms.